The maximum atomic E-state index is 8.71. The molecule has 2 rings (SSSR count). The van der Waals surface area contributed by atoms with E-state index in [0.29, 0.717) is 10.9 Å². The molecule has 0 saturated carbocycles. The molecule has 0 aromatic carbocycles. The van der Waals surface area contributed by atoms with Gasteiger partial charge in [-0.05, 0) is 25.0 Å². The molecular weight excluding hydrogens is 238 g/mol. The standard InChI is InChI=1S/C11H15N3O2S/c12-11(14-15)10-9(2-1-5-13-10)17-8-3-6-16-7-4-8/h1-2,5,8,15H,3-4,6-7H2,(H2,12,14). The Balaban J connectivity index is 2.14. The summed E-state index contributed by atoms with van der Waals surface area (Å²) in [4.78, 5) is 5.10. The lowest BCUT2D eigenvalue weighted by molar-refractivity contribution is 0.100. The van der Waals surface area contributed by atoms with Crippen LogP contribution in [0, 0.1) is 0 Å². The Hall–Kier alpha value is -1.27. The van der Waals surface area contributed by atoms with Gasteiger partial charge in [-0.1, -0.05) is 5.16 Å². The minimum Gasteiger partial charge on any atom is -0.409 e. The second-order valence-electron chi connectivity index (χ2n) is 3.76. The van der Waals surface area contributed by atoms with Crippen molar-refractivity contribution in [2.75, 3.05) is 13.2 Å². The molecule has 0 atom stereocenters. The van der Waals surface area contributed by atoms with E-state index in [1.165, 1.54) is 0 Å². The molecule has 2 heterocycles. The zero-order valence-electron chi connectivity index (χ0n) is 9.37. The van der Waals surface area contributed by atoms with E-state index in [1.807, 2.05) is 12.1 Å². The zero-order valence-corrected chi connectivity index (χ0v) is 10.2. The summed E-state index contributed by atoms with van der Waals surface area (Å²) in [6.45, 7) is 1.60. The summed E-state index contributed by atoms with van der Waals surface area (Å²) < 4.78 is 5.32. The molecule has 17 heavy (non-hydrogen) atoms. The van der Waals surface area contributed by atoms with Crippen LogP contribution in [0.2, 0.25) is 0 Å². The topological polar surface area (TPSA) is 80.7 Å². The fourth-order valence-electron chi connectivity index (χ4n) is 1.70. The summed E-state index contributed by atoms with van der Waals surface area (Å²) in [5.74, 6) is 0.0557. The normalized spacial score (nSPS) is 18.2. The number of pyridine rings is 1. The number of nitrogens with two attached hydrogens (primary N) is 1. The highest BCUT2D eigenvalue weighted by atomic mass is 32.2. The van der Waals surface area contributed by atoms with Crippen LogP contribution < -0.4 is 5.73 Å². The third-order valence-electron chi connectivity index (χ3n) is 2.58. The third kappa shape index (κ3) is 3.10. The van der Waals surface area contributed by atoms with Gasteiger partial charge < -0.3 is 15.7 Å². The van der Waals surface area contributed by atoms with E-state index in [2.05, 4.69) is 10.1 Å². The molecule has 1 aliphatic heterocycles. The first-order chi connectivity index (χ1) is 8.31. The molecule has 0 amide bonds. The molecule has 92 valence electrons. The molecule has 1 saturated heterocycles. The molecule has 1 fully saturated rings. The van der Waals surface area contributed by atoms with Gasteiger partial charge in [0.05, 0.1) is 0 Å². The maximum Gasteiger partial charge on any atom is 0.189 e. The Labute approximate surface area is 104 Å². The number of thioether (sulfide) groups is 1. The number of aromatic nitrogens is 1. The molecular formula is C11H15N3O2S. The minimum atomic E-state index is 0.0557. The van der Waals surface area contributed by atoms with Gasteiger partial charge in [0, 0.05) is 29.6 Å². The molecule has 5 nitrogen and oxygen atoms in total. The number of rotatable bonds is 3. The molecule has 6 heteroatoms. The molecule has 1 aliphatic rings. The Morgan fingerprint density at radius 3 is 3.00 bits per heavy atom. The van der Waals surface area contributed by atoms with Gasteiger partial charge in [-0.3, -0.25) is 4.98 Å². The minimum absolute atomic E-state index is 0.0557. The molecule has 1 aromatic rings. The van der Waals surface area contributed by atoms with Crippen molar-refractivity contribution in [1.82, 2.24) is 4.98 Å². The number of oxime groups is 1. The smallest absolute Gasteiger partial charge is 0.189 e. The molecule has 1 aromatic heterocycles. The van der Waals surface area contributed by atoms with Crippen LogP contribution in [0.1, 0.15) is 18.5 Å². The van der Waals surface area contributed by atoms with Crippen LogP contribution >= 0.6 is 11.8 Å². The van der Waals surface area contributed by atoms with E-state index in [0.717, 1.165) is 31.0 Å². The van der Waals surface area contributed by atoms with Crippen molar-refractivity contribution in [3.8, 4) is 0 Å². The molecule has 3 N–H and O–H groups in total. The van der Waals surface area contributed by atoms with Gasteiger partial charge in [0.15, 0.2) is 5.84 Å². The fraction of sp³-hybridized carbons (Fsp3) is 0.455. The Kier molecular flexibility index (Phi) is 4.22. The van der Waals surface area contributed by atoms with Crippen LogP contribution in [0.25, 0.3) is 0 Å². The Bertz CT molecular complexity index is 405. The van der Waals surface area contributed by atoms with Crippen molar-refractivity contribution in [2.45, 2.75) is 23.0 Å². The lowest BCUT2D eigenvalue weighted by Crippen LogP contribution is -2.19. The lowest BCUT2D eigenvalue weighted by Gasteiger charge is -2.22. The van der Waals surface area contributed by atoms with Crippen LogP contribution in [-0.4, -0.2) is 34.5 Å². The van der Waals surface area contributed by atoms with Crippen LogP contribution in [0.3, 0.4) is 0 Å². The van der Waals surface area contributed by atoms with Crippen LogP contribution in [0.4, 0.5) is 0 Å². The zero-order chi connectivity index (χ0) is 12.1. The average Bonchev–Trinajstić information content (AvgIpc) is 2.40. The van der Waals surface area contributed by atoms with Gasteiger partial charge in [0.25, 0.3) is 0 Å². The molecule has 0 unspecified atom stereocenters. The number of hydrogen-bond donors (Lipinski definition) is 2. The van der Waals surface area contributed by atoms with E-state index in [-0.39, 0.29) is 5.84 Å². The van der Waals surface area contributed by atoms with Crippen molar-refractivity contribution in [2.24, 2.45) is 10.9 Å². The number of amidine groups is 1. The summed E-state index contributed by atoms with van der Waals surface area (Å²) >= 11 is 1.72. The van der Waals surface area contributed by atoms with Crippen molar-refractivity contribution < 1.29 is 9.94 Å². The van der Waals surface area contributed by atoms with Crippen LogP contribution in [0.15, 0.2) is 28.4 Å². The Morgan fingerprint density at radius 1 is 1.53 bits per heavy atom. The van der Waals surface area contributed by atoms with E-state index in [1.54, 1.807) is 18.0 Å². The second-order valence-corrected chi connectivity index (χ2v) is 5.11. The van der Waals surface area contributed by atoms with E-state index in [9.17, 15) is 0 Å². The molecule has 0 radical (unpaired) electrons. The number of hydrogen-bond acceptors (Lipinski definition) is 5. The van der Waals surface area contributed by atoms with Gasteiger partial charge in [-0.2, -0.15) is 0 Å². The summed E-state index contributed by atoms with van der Waals surface area (Å²) in [6.07, 6.45) is 3.69. The predicted octanol–water partition coefficient (Wildman–Crippen LogP) is 1.45. The quantitative estimate of drug-likeness (QED) is 0.369. The van der Waals surface area contributed by atoms with Crippen molar-refractivity contribution in [3.63, 3.8) is 0 Å². The highest BCUT2D eigenvalue weighted by molar-refractivity contribution is 8.00. The van der Waals surface area contributed by atoms with Gasteiger partial charge in [0.1, 0.15) is 5.69 Å². The molecule has 0 aliphatic carbocycles. The van der Waals surface area contributed by atoms with Crippen molar-refractivity contribution in [3.05, 3.63) is 24.0 Å². The predicted molar refractivity (Wildman–Crippen MR) is 66.4 cm³/mol. The molecule has 0 spiro atoms. The first-order valence-electron chi connectivity index (χ1n) is 5.48. The summed E-state index contributed by atoms with van der Waals surface area (Å²) in [5, 5.41) is 12.2. The van der Waals surface area contributed by atoms with Gasteiger partial charge in [0.2, 0.25) is 0 Å². The summed E-state index contributed by atoms with van der Waals surface area (Å²) in [5.41, 5.74) is 6.15. The first-order valence-corrected chi connectivity index (χ1v) is 6.36. The van der Waals surface area contributed by atoms with E-state index < -0.39 is 0 Å². The lowest BCUT2D eigenvalue weighted by atomic mass is 10.2. The highest BCUT2D eigenvalue weighted by Gasteiger charge is 2.18. The fourth-order valence-corrected chi connectivity index (χ4v) is 2.91. The van der Waals surface area contributed by atoms with Gasteiger partial charge in [-0.25, -0.2) is 0 Å². The first kappa shape index (κ1) is 12.2. The largest absolute Gasteiger partial charge is 0.409 e. The Morgan fingerprint density at radius 2 is 2.29 bits per heavy atom. The van der Waals surface area contributed by atoms with Crippen LogP contribution in [0.5, 0.6) is 0 Å². The van der Waals surface area contributed by atoms with Gasteiger partial charge >= 0.3 is 0 Å². The average molecular weight is 253 g/mol. The van der Waals surface area contributed by atoms with Gasteiger partial charge in [-0.15, -0.1) is 11.8 Å². The maximum absolute atomic E-state index is 8.71. The third-order valence-corrected chi connectivity index (χ3v) is 3.97. The summed E-state index contributed by atoms with van der Waals surface area (Å²) in [7, 11) is 0. The van der Waals surface area contributed by atoms with Crippen molar-refractivity contribution >= 4 is 17.6 Å². The SMILES string of the molecule is N/C(=N/O)c1ncccc1SC1CCOCC1. The van der Waals surface area contributed by atoms with Crippen molar-refractivity contribution in [1.29, 1.82) is 0 Å². The monoisotopic (exact) mass is 253 g/mol. The number of ether oxygens (including phenoxy) is 1. The highest BCUT2D eigenvalue weighted by Crippen LogP contribution is 2.31. The van der Waals surface area contributed by atoms with E-state index >= 15 is 0 Å². The molecule has 0 bridgehead atoms. The van der Waals surface area contributed by atoms with Crippen LogP contribution in [-0.2, 0) is 4.74 Å². The second kappa shape index (κ2) is 5.88. The number of nitrogens with zero attached hydrogens (tertiary/aromatic N) is 2. The summed E-state index contributed by atoms with van der Waals surface area (Å²) in [6, 6.07) is 3.80. The van der Waals surface area contributed by atoms with E-state index in [4.69, 9.17) is 15.7 Å².